The largest absolute Gasteiger partial charge is 0.508 e. The molecule has 0 aromatic rings. The van der Waals surface area contributed by atoms with Crippen molar-refractivity contribution >= 4 is 36.0 Å². The van der Waals surface area contributed by atoms with Crippen molar-refractivity contribution in [3.63, 3.8) is 0 Å². The summed E-state index contributed by atoms with van der Waals surface area (Å²) in [5.74, 6) is -0.511. The minimum absolute atomic E-state index is 0.00249. The summed E-state index contributed by atoms with van der Waals surface area (Å²) in [7, 11) is 0. The Bertz CT molecular complexity index is 1490. The van der Waals surface area contributed by atoms with E-state index in [1.807, 2.05) is 12.2 Å². The predicted molar refractivity (Wildman–Crippen MR) is 265 cm³/mol. The molecular formula is C55H91NO13. The van der Waals surface area contributed by atoms with Crippen molar-refractivity contribution in [3.05, 3.63) is 24.3 Å². The third-order valence-corrected chi connectivity index (χ3v) is 13.9. The van der Waals surface area contributed by atoms with Gasteiger partial charge in [-0.05, 0) is 145 Å². The smallest absolute Gasteiger partial charge is 0.465 e. The average Bonchev–Trinajstić information content (AvgIpc) is 3.32. The summed E-state index contributed by atoms with van der Waals surface area (Å²) in [4.78, 5) is 79.8. The Hall–Kier alpha value is -3.94. The SMILES string of the molecule is CCCCC/C=C\CCOC(=O)CCCCC(=O)OCC(COC(=O)CCCCC(=O)OCC/C=C\CCCCC)(COC(=O)CC1CC2CC3CC(C1)(C2)C3)COC(=O)OCCCN(CC)CC. The molecule has 0 N–H and O–H groups in total. The Balaban J connectivity index is 1.59. The predicted octanol–water partition coefficient (Wildman–Crippen LogP) is 11.4. The van der Waals surface area contributed by atoms with Crippen molar-refractivity contribution in [1.82, 2.24) is 4.90 Å². The van der Waals surface area contributed by atoms with Crippen LogP contribution in [-0.4, -0.2) is 107 Å². The molecule has 0 amide bonds. The highest BCUT2D eigenvalue weighted by molar-refractivity contribution is 5.72. The van der Waals surface area contributed by atoms with Crippen molar-refractivity contribution in [2.24, 2.45) is 28.6 Å². The number of allylic oxidation sites excluding steroid dienone is 2. The van der Waals surface area contributed by atoms with Crippen LogP contribution in [0.1, 0.15) is 195 Å². The van der Waals surface area contributed by atoms with Gasteiger partial charge in [-0.1, -0.05) is 77.7 Å². The number of carbonyl (C=O) groups excluding carboxylic acids is 6. The summed E-state index contributed by atoms with van der Waals surface area (Å²) in [6.45, 7) is 10.2. The second-order valence-electron chi connectivity index (χ2n) is 20.2. The first-order valence-corrected chi connectivity index (χ1v) is 27.0. The molecule has 0 saturated heterocycles. The van der Waals surface area contributed by atoms with Crippen LogP contribution < -0.4 is 0 Å². The Morgan fingerprint density at radius 1 is 0.478 bits per heavy atom. The molecule has 3 bridgehead atoms. The number of esters is 5. The fraction of sp³-hybridized carbons (Fsp3) is 0.818. The summed E-state index contributed by atoms with van der Waals surface area (Å²) in [5.41, 5.74) is -1.09. The summed E-state index contributed by atoms with van der Waals surface area (Å²) >= 11 is 0. The maximum Gasteiger partial charge on any atom is 0.508 e. The molecule has 69 heavy (non-hydrogen) atoms. The zero-order valence-corrected chi connectivity index (χ0v) is 43.3. The van der Waals surface area contributed by atoms with E-state index in [2.05, 4.69) is 44.7 Å². The maximum absolute atomic E-state index is 13.6. The standard InChI is InChI=1S/C55H91NO13/c1-5-9-11-13-15-17-23-31-63-48(57)26-19-21-28-50(59)66-41-55(44-69-53(62)65-33-25-30-56(7-3)8-4,43-68-52(61)36-46-34-45-35-47-39-54(37-45,38-46)40-47)42-67-51(60)29-22-20-27-49(58)64-32-24-18-16-14-12-10-6-2/h15-18,45-47H,5-14,19-44H2,1-4H3/b17-15-,18-16-. The quantitative estimate of drug-likeness (QED) is 0.0246. The van der Waals surface area contributed by atoms with E-state index in [0.717, 1.165) is 64.1 Å². The highest BCUT2D eigenvalue weighted by Crippen LogP contribution is 2.64. The number of rotatable bonds is 40. The molecule has 1 spiro atoms. The van der Waals surface area contributed by atoms with Crippen LogP contribution >= 0.6 is 0 Å². The molecule has 0 aromatic carbocycles. The van der Waals surface area contributed by atoms with Crippen molar-refractivity contribution < 1.29 is 61.9 Å². The van der Waals surface area contributed by atoms with Gasteiger partial charge in [0.05, 0.1) is 19.8 Å². The number of carbonyl (C=O) groups is 6. The molecule has 4 saturated carbocycles. The van der Waals surface area contributed by atoms with E-state index in [9.17, 15) is 28.8 Å². The molecule has 0 heterocycles. The molecule has 2 unspecified atom stereocenters. The number of nitrogens with zero attached hydrogens (tertiary/aromatic N) is 1. The maximum atomic E-state index is 13.6. The van der Waals surface area contributed by atoms with Gasteiger partial charge in [-0.3, -0.25) is 24.0 Å². The van der Waals surface area contributed by atoms with Crippen molar-refractivity contribution in [3.8, 4) is 0 Å². The zero-order chi connectivity index (χ0) is 50.0. The molecule has 4 aliphatic rings. The van der Waals surface area contributed by atoms with E-state index < -0.39 is 36.1 Å². The lowest BCUT2D eigenvalue weighted by atomic mass is 9.45. The van der Waals surface area contributed by atoms with Gasteiger partial charge < -0.3 is 38.1 Å². The number of hydrogen-bond acceptors (Lipinski definition) is 14. The van der Waals surface area contributed by atoms with Crippen LogP contribution in [0, 0.1) is 28.6 Å². The molecular weight excluding hydrogens is 883 g/mol. The van der Waals surface area contributed by atoms with Crippen LogP contribution in [-0.2, 0) is 57.1 Å². The van der Waals surface area contributed by atoms with E-state index in [-0.39, 0.29) is 76.4 Å². The Morgan fingerprint density at radius 2 is 0.942 bits per heavy atom. The molecule has 0 aromatic heterocycles. The first kappa shape index (κ1) is 59.4. The van der Waals surface area contributed by atoms with Crippen molar-refractivity contribution in [2.45, 2.75) is 195 Å². The minimum Gasteiger partial charge on any atom is -0.465 e. The summed E-state index contributed by atoms with van der Waals surface area (Å²) in [6.07, 6.45) is 27.5. The summed E-state index contributed by atoms with van der Waals surface area (Å²) < 4.78 is 39.2. The van der Waals surface area contributed by atoms with Crippen molar-refractivity contribution in [1.29, 1.82) is 0 Å². The van der Waals surface area contributed by atoms with Gasteiger partial charge in [0.1, 0.15) is 31.8 Å². The van der Waals surface area contributed by atoms with Gasteiger partial charge in [0, 0.05) is 38.6 Å². The summed E-state index contributed by atoms with van der Waals surface area (Å²) in [5, 5.41) is 0. The highest BCUT2D eigenvalue weighted by Gasteiger charge is 2.54. The molecule has 4 fully saturated rings. The van der Waals surface area contributed by atoms with E-state index in [1.54, 1.807) is 0 Å². The number of unbranched alkanes of at least 4 members (excludes halogenated alkanes) is 8. The molecule has 4 rings (SSSR count). The molecule has 0 radical (unpaired) electrons. The van der Waals surface area contributed by atoms with E-state index in [4.69, 9.17) is 33.2 Å². The molecule has 394 valence electrons. The van der Waals surface area contributed by atoms with Gasteiger partial charge in [-0.2, -0.15) is 0 Å². The third-order valence-electron chi connectivity index (χ3n) is 13.9. The lowest BCUT2D eigenvalue weighted by Crippen LogP contribution is -2.50. The lowest BCUT2D eigenvalue weighted by Gasteiger charge is -2.60. The van der Waals surface area contributed by atoms with Gasteiger partial charge in [0.2, 0.25) is 0 Å². The van der Waals surface area contributed by atoms with Crippen LogP contribution in [0.25, 0.3) is 0 Å². The molecule has 0 aliphatic heterocycles. The first-order valence-electron chi connectivity index (χ1n) is 27.0. The number of hydrogen-bond donors (Lipinski definition) is 0. The van der Waals surface area contributed by atoms with Crippen LogP contribution in [0.5, 0.6) is 0 Å². The van der Waals surface area contributed by atoms with E-state index in [1.165, 1.54) is 51.4 Å². The van der Waals surface area contributed by atoms with Crippen molar-refractivity contribution in [2.75, 3.05) is 65.9 Å². The third kappa shape index (κ3) is 26.2. The summed E-state index contributed by atoms with van der Waals surface area (Å²) in [6, 6.07) is 0. The highest BCUT2D eigenvalue weighted by atomic mass is 16.7. The first-order chi connectivity index (χ1) is 33.4. The molecule has 14 nitrogen and oxygen atoms in total. The topological polar surface area (TPSA) is 170 Å². The van der Waals surface area contributed by atoms with Gasteiger partial charge in [0.15, 0.2) is 0 Å². The fourth-order valence-electron chi connectivity index (χ4n) is 10.2. The number of ether oxygens (including phenoxy) is 7. The van der Waals surface area contributed by atoms with Gasteiger partial charge in [-0.25, -0.2) is 4.79 Å². The second kappa shape index (κ2) is 35.2. The average molecular weight is 974 g/mol. The van der Waals surface area contributed by atoms with Gasteiger partial charge in [-0.15, -0.1) is 0 Å². The Morgan fingerprint density at radius 3 is 1.43 bits per heavy atom. The van der Waals surface area contributed by atoms with Crippen LogP contribution in [0.15, 0.2) is 24.3 Å². The normalized spacial score (nSPS) is 19.5. The molecule has 2 atom stereocenters. The van der Waals surface area contributed by atoms with Gasteiger partial charge >= 0.3 is 36.0 Å². The minimum atomic E-state index is -1.45. The Kier molecular flexibility index (Phi) is 30.3. The Labute approximate surface area is 415 Å². The molecule has 14 heteroatoms. The van der Waals surface area contributed by atoms with E-state index >= 15 is 0 Å². The van der Waals surface area contributed by atoms with Crippen LogP contribution in [0.3, 0.4) is 0 Å². The van der Waals surface area contributed by atoms with E-state index in [0.29, 0.717) is 69.5 Å². The second-order valence-corrected chi connectivity index (χ2v) is 20.2. The monoisotopic (exact) mass is 974 g/mol. The van der Waals surface area contributed by atoms with Crippen LogP contribution in [0.2, 0.25) is 0 Å². The van der Waals surface area contributed by atoms with Gasteiger partial charge in [0.25, 0.3) is 0 Å². The molecule has 4 aliphatic carbocycles. The lowest BCUT2D eigenvalue weighted by molar-refractivity contribution is -0.167. The fourth-order valence-corrected chi connectivity index (χ4v) is 10.2. The zero-order valence-electron chi connectivity index (χ0n) is 43.3. The van der Waals surface area contributed by atoms with Crippen LogP contribution in [0.4, 0.5) is 4.79 Å².